The standard InChI is InChI=1S/C25H21ClFN3O5S/c1-35-19-11-15(29(31)32)10-16-22-17(24(28-25(16)19)13-6-8-14(27)9-7-13)12-21(23(22)26)36-20-5-3-2-4-18(20)30(33)34/h2-11,17,21-24,28H,12H2,1H3/t17-,21-,22-,23-,24+/m1/s1. The third kappa shape index (κ3) is 4.24. The SMILES string of the molecule is COc1cc([N+](=O)[O-])cc2c1N[C@@H](c1ccc(F)cc1)[C@@H]1C[C@@H](Sc3ccccc3[N+](=O)[O-])[C@@H](Cl)[C@H]21. The Labute approximate surface area is 215 Å². The van der Waals surface area contributed by atoms with Crippen LogP contribution < -0.4 is 10.1 Å². The number of hydrogen-bond acceptors (Lipinski definition) is 7. The molecule has 2 aliphatic rings. The number of thioether (sulfide) groups is 1. The summed E-state index contributed by atoms with van der Waals surface area (Å²) in [7, 11) is 1.44. The number of nitro groups is 2. The number of methoxy groups -OCH3 is 1. The minimum atomic E-state index is -0.477. The molecule has 1 saturated carbocycles. The second-order valence-electron chi connectivity index (χ2n) is 8.79. The normalized spacial score (nSPS) is 24.4. The Kier molecular flexibility index (Phi) is 6.48. The molecule has 0 radical (unpaired) electrons. The molecular formula is C25H21ClFN3O5S. The van der Waals surface area contributed by atoms with Crippen molar-refractivity contribution in [1.29, 1.82) is 0 Å². The Morgan fingerprint density at radius 2 is 1.81 bits per heavy atom. The lowest BCUT2D eigenvalue weighted by Gasteiger charge is -2.38. The van der Waals surface area contributed by atoms with Crippen molar-refractivity contribution in [3.05, 3.63) is 97.8 Å². The number of anilines is 1. The molecule has 1 heterocycles. The lowest BCUT2D eigenvalue weighted by atomic mass is 9.77. The van der Waals surface area contributed by atoms with Crippen LogP contribution in [0.25, 0.3) is 0 Å². The Balaban J connectivity index is 1.60. The van der Waals surface area contributed by atoms with E-state index in [1.807, 2.05) is 0 Å². The van der Waals surface area contributed by atoms with E-state index in [1.54, 1.807) is 30.3 Å². The van der Waals surface area contributed by atoms with Crippen LogP contribution in [0, 0.1) is 32.0 Å². The summed E-state index contributed by atoms with van der Waals surface area (Å²) in [5, 5.41) is 26.0. The van der Waals surface area contributed by atoms with Crippen molar-refractivity contribution >= 4 is 40.4 Å². The first-order valence-electron chi connectivity index (χ1n) is 11.2. The minimum Gasteiger partial charge on any atom is -0.494 e. The van der Waals surface area contributed by atoms with Gasteiger partial charge in [-0.1, -0.05) is 24.3 Å². The highest BCUT2D eigenvalue weighted by Gasteiger charge is 2.51. The van der Waals surface area contributed by atoms with Crippen molar-refractivity contribution in [1.82, 2.24) is 0 Å². The lowest BCUT2D eigenvalue weighted by Crippen LogP contribution is -2.31. The summed E-state index contributed by atoms with van der Waals surface area (Å²) in [6.07, 6.45) is 0.592. The number of rotatable bonds is 6. The van der Waals surface area contributed by atoms with Gasteiger partial charge >= 0.3 is 0 Å². The monoisotopic (exact) mass is 529 g/mol. The molecule has 36 heavy (non-hydrogen) atoms. The molecule has 1 aliphatic heterocycles. The van der Waals surface area contributed by atoms with Gasteiger partial charge in [-0.05, 0) is 41.7 Å². The molecule has 5 atom stereocenters. The van der Waals surface area contributed by atoms with Crippen LogP contribution in [0.4, 0.5) is 21.5 Å². The molecule has 0 spiro atoms. The number of non-ortho nitro benzene ring substituents is 1. The van der Waals surface area contributed by atoms with Crippen LogP contribution in [0.2, 0.25) is 0 Å². The maximum Gasteiger partial charge on any atom is 0.282 e. The summed E-state index contributed by atoms with van der Waals surface area (Å²) < 4.78 is 19.2. The smallest absolute Gasteiger partial charge is 0.282 e. The number of fused-ring (bicyclic) bond motifs is 3. The Bertz CT molecular complexity index is 1340. The highest BCUT2D eigenvalue weighted by Crippen LogP contribution is 2.60. The fraction of sp³-hybridized carbons (Fsp3) is 0.280. The average molecular weight is 530 g/mol. The minimum absolute atomic E-state index is 0.00663. The van der Waals surface area contributed by atoms with Gasteiger partial charge in [0.05, 0.1) is 45.0 Å². The molecular weight excluding hydrogens is 509 g/mol. The third-order valence-electron chi connectivity index (χ3n) is 6.87. The second-order valence-corrected chi connectivity index (χ2v) is 10.6. The van der Waals surface area contributed by atoms with E-state index in [4.69, 9.17) is 16.3 Å². The van der Waals surface area contributed by atoms with E-state index in [9.17, 15) is 24.6 Å². The van der Waals surface area contributed by atoms with Crippen molar-refractivity contribution in [2.24, 2.45) is 5.92 Å². The predicted molar refractivity (Wildman–Crippen MR) is 136 cm³/mol. The summed E-state index contributed by atoms with van der Waals surface area (Å²) in [5.41, 5.74) is 2.03. The van der Waals surface area contributed by atoms with Gasteiger partial charge in [0, 0.05) is 23.3 Å². The average Bonchev–Trinajstić information content (AvgIpc) is 3.19. The van der Waals surface area contributed by atoms with Gasteiger partial charge in [0.25, 0.3) is 11.4 Å². The van der Waals surface area contributed by atoms with E-state index >= 15 is 0 Å². The third-order valence-corrected chi connectivity index (χ3v) is 8.98. The van der Waals surface area contributed by atoms with Crippen molar-refractivity contribution < 1.29 is 19.0 Å². The molecule has 3 aromatic rings. The van der Waals surface area contributed by atoms with Crippen LogP contribution in [0.5, 0.6) is 5.75 Å². The molecule has 0 amide bonds. The van der Waals surface area contributed by atoms with E-state index in [0.29, 0.717) is 28.3 Å². The van der Waals surface area contributed by atoms with Gasteiger partial charge in [-0.2, -0.15) is 0 Å². The number of ether oxygens (including phenoxy) is 1. The number of halogens is 2. The van der Waals surface area contributed by atoms with Crippen LogP contribution in [-0.2, 0) is 0 Å². The molecule has 11 heteroatoms. The molecule has 186 valence electrons. The first kappa shape index (κ1) is 24.3. The first-order valence-corrected chi connectivity index (χ1v) is 12.5. The summed E-state index contributed by atoms with van der Waals surface area (Å²) in [5.74, 6) is -0.431. The Morgan fingerprint density at radius 3 is 2.47 bits per heavy atom. The van der Waals surface area contributed by atoms with Crippen LogP contribution in [-0.4, -0.2) is 27.6 Å². The van der Waals surface area contributed by atoms with Crippen LogP contribution in [0.1, 0.15) is 29.5 Å². The predicted octanol–water partition coefficient (Wildman–Crippen LogP) is 6.69. The van der Waals surface area contributed by atoms with E-state index in [2.05, 4.69) is 5.32 Å². The topological polar surface area (TPSA) is 108 Å². The van der Waals surface area contributed by atoms with Gasteiger partial charge in [0.2, 0.25) is 0 Å². The summed E-state index contributed by atoms with van der Waals surface area (Å²) in [4.78, 5) is 22.8. The van der Waals surface area contributed by atoms with Crippen molar-refractivity contribution in [3.63, 3.8) is 0 Å². The van der Waals surface area contributed by atoms with Crippen LogP contribution in [0.15, 0.2) is 65.6 Å². The highest BCUT2D eigenvalue weighted by molar-refractivity contribution is 8.00. The maximum atomic E-state index is 13.7. The number of alkyl halides is 1. The molecule has 0 unspecified atom stereocenters. The number of nitrogens with one attached hydrogen (secondary N) is 1. The number of hydrogen-bond donors (Lipinski definition) is 1. The quantitative estimate of drug-likeness (QED) is 0.215. The summed E-state index contributed by atoms with van der Waals surface area (Å²) in [6, 6.07) is 15.3. The zero-order valence-corrected chi connectivity index (χ0v) is 20.5. The zero-order valence-electron chi connectivity index (χ0n) is 19.0. The van der Waals surface area contributed by atoms with Crippen LogP contribution in [0.3, 0.4) is 0 Å². The molecule has 0 bridgehead atoms. The van der Waals surface area contributed by atoms with Crippen molar-refractivity contribution in [2.75, 3.05) is 12.4 Å². The molecule has 1 fully saturated rings. The van der Waals surface area contributed by atoms with Crippen molar-refractivity contribution in [3.8, 4) is 5.75 Å². The fourth-order valence-electron chi connectivity index (χ4n) is 5.31. The highest BCUT2D eigenvalue weighted by atomic mass is 35.5. The molecule has 1 aliphatic carbocycles. The maximum absolute atomic E-state index is 13.7. The number of para-hydroxylation sites is 1. The Morgan fingerprint density at radius 1 is 1.08 bits per heavy atom. The fourth-order valence-corrected chi connectivity index (χ4v) is 7.25. The molecule has 8 nitrogen and oxygen atoms in total. The number of nitrogens with zero attached hydrogens (tertiary/aromatic N) is 2. The first-order chi connectivity index (χ1) is 17.3. The van der Waals surface area contributed by atoms with E-state index in [0.717, 1.165) is 5.56 Å². The molecule has 5 rings (SSSR count). The molecule has 0 aromatic heterocycles. The molecule has 3 aromatic carbocycles. The second kappa shape index (κ2) is 9.59. The summed E-state index contributed by atoms with van der Waals surface area (Å²) >= 11 is 8.43. The van der Waals surface area contributed by atoms with Gasteiger partial charge < -0.3 is 10.1 Å². The molecule has 0 saturated heterocycles. The zero-order chi connectivity index (χ0) is 25.6. The van der Waals surface area contributed by atoms with Crippen molar-refractivity contribution in [2.45, 2.75) is 33.9 Å². The van der Waals surface area contributed by atoms with Gasteiger partial charge in [-0.15, -0.1) is 23.4 Å². The number of benzene rings is 3. The Hall–Kier alpha value is -3.37. The summed E-state index contributed by atoms with van der Waals surface area (Å²) in [6.45, 7) is 0. The van der Waals surface area contributed by atoms with E-state index in [1.165, 1.54) is 49.2 Å². The lowest BCUT2D eigenvalue weighted by molar-refractivity contribution is -0.387. The van der Waals surface area contributed by atoms with E-state index < -0.39 is 15.2 Å². The largest absolute Gasteiger partial charge is 0.494 e. The van der Waals surface area contributed by atoms with E-state index in [-0.39, 0.29) is 40.3 Å². The van der Waals surface area contributed by atoms with Gasteiger partial charge in [0.15, 0.2) is 0 Å². The number of nitro benzene ring substituents is 2. The van der Waals surface area contributed by atoms with Gasteiger partial charge in [0.1, 0.15) is 11.6 Å². The van der Waals surface area contributed by atoms with Gasteiger partial charge in [-0.3, -0.25) is 20.2 Å². The van der Waals surface area contributed by atoms with Gasteiger partial charge in [-0.25, -0.2) is 4.39 Å². The van der Waals surface area contributed by atoms with Crippen LogP contribution >= 0.6 is 23.4 Å². The molecule has 1 N–H and O–H groups in total.